The molecule has 0 saturated carbocycles. The maximum atomic E-state index is 12.4. The van der Waals surface area contributed by atoms with E-state index in [4.69, 9.17) is 0 Å². The molecule has 2 N–H and O–H groups in total. The third kappa shape index (κ3) is 2.32. The highest BCUT2D eigenvalue weighted by Gasteiger charge is 2.49. The van der Waals surface area contributed by atoms with E-state index in [1.165, 1.54) is 17.3 Å². The molecule has 3 rings (SSSR count). The Labute approximate surface area is 120 Å². The molecule has 1 unspecified atom stereocenters. The van der Waals surface area contributed by atoms with Crippen LogP contribution in [0, 0.1) is 6.92 Å². The van der Waals surface area contributed by atoms with Gasteiger partial charge in [-0.25, -0.2) is 9.78 Å². The third-order valence-electron chi connectivity index (χ3n) is 3.79. The van der Waals surface area contributed by atoms with E-state index in [2.05, 4.69) is 20.6 Å². The van der Waals surface area contributed by atoms with Crippen molar-refractivity contribution in [2.24, 2.45) is 0 Å². The van der Waals surface area contributed by atoms with Crippen LogP contribution in [0.15, 0.2) is 12.4 Å². The van der Waals surface area contributed by atoms with Gasteiger partial charge in [0.25, 0.3) is 11.8 Å². The first kappa shape index (κ1) is 13.5. The highest BCUT2D eigenvalue weighted by atomic mass is 16.2. The Morgan fingerprint density at radius 2 is 2.14 bits per heavy atom. The molecule has 1 atom stereocenters. The molecule has 2 aliphatic heterocycles. The van der Waals surface area contributed by atoms with Crippen molar-refractivity contribution in [3.8, 4) is 0 Å². The van der Waals surface area contributed by atoms with E-state index in [-0.39, 0.29) is 24.1 Å². The molecule has 0 bridgehead atoms. The number of hydrogen-bond acceptors (Lipinski definition) is 5. The summed E-state index contributed by atoms with van der Waals surface area (Å²) in [6.07, 6.45) is 4.11. The molecule has 2 fully saturated rings. The Morgan fingerprint density at radius 1 is 1.33 bits per heavy atom. The second kappa shape index (κ2) is 4.80. The monoisotopic (exact) mass is 289 g/mol. The lowest BCUT2D eigenvalue weighted by atomic mass is 9.89. The molecule has 0 aliphatic carbocycles. The summed E-state index contributed by atoms with van der Waals surface area (Å²) < 4.78 is 0. The molecule has 8 nitrogen and oxygen atoms in total. The lowest BCUT2D eigenvalue weighted by molar-refractivity contribution is -0.125. The minimum absolute atomic E-state index is 0.152. The maximum absolute atomic E-state index is 12.4. The lowest BCUT2D eigenvalue weighted by Gasteiger charge is -2.37. The molecule has 2 saturated heterocycles. The summed E-state index contributed by atoms with van der Waals surface area (Å²) in [5.41, 5.74) is -0.0465. The van der Waals surface area contributed by atoms with E-state index < -0.39 is 11.6 Å². The summed E-state index contributed by atoms with van der Waals surface area (Å²) in [4.78, 5) is 45.4. The summed E-state index contributed by atoms with van der Waals surface area (Å²) in [6.45, 7) is 2.47. The Balaban J connectivity index is 1.80. The highest BCUT2D eigenvalue weighted by Crippen LogP contribution is 2.25. The molecular formula is C13H15N5O3. The van der Waals surface area contributed by atoms with Crippen LogP contribution in [0.1, 0.15) is 29.0 Å². The van der Waals surface area contributed by atoms with Gasteiger partial charge in [-0.2, -0.15) is 0 Å². The van der Waals surface area contributed by atoms with Crippen molar-refractivity contribution in [1.82, 2.24) is 25.5 Å². The number of urea groups is 1. The van der Waals surface area contributed by atoms with Crippen LogP contribution >= 0.6 is 0 Å². The number of nitrogens with zero attached hydrogens (tertiary/aromatic N) is 3. The van der Waals surface area contributed by atoms with Gasteiger partial charge in [-0.3, -0.25) is 19.9 Å². The molecule has 8 heteroatoms. The van der Waals surface area contributed by atoms with Crippen LogP contribution < -0.4 is 10.6 Å². The first-order chi connectivity index (χ1) is 10.00. The Kier molecular flexibility index (Phi) is 3.08. The van der Waals surface area contributed by atoms with E-state index in [1.54, 1.807) is 6.92 Å². The van der Waals surface area contributed by atoms with Crippen molar-refractivity contribution in [3.63, 3.8) is 0 Å². The van der Waals surface area contributed by atoms with Crippen LogP contribution in [0.2, 0.25) is 0 Å². The van der Waals surface area contributed by atoms with Gasteiger partial charge in [0.05, 0.1) is 18.4 Å². The maximum Gasteiger partial charge on any atom is 0.322 e. The first-order valence-corrected chi connectivity index (χ1v) is 6.72. The average Bonchev–Trinajstić information content (AvgIpc) is 2.73. The molecule has 4 amide bonds. The molecule has 2 aliphatic rings. The van der Waals surface area contributed by atoms with E-state index in [0.717, 1.165) is 5.69 Å². The second-order valence-corrected chi connectivity index (χ2v) is 5.36. The van der Waals surface area contributed by atoms with Crippen molar-refractivity contribution >= 4 is 17.8 Å². The van der Waals surface area contributed by atoms with Crippen LogP contribution in [-0.4, -0.2) is 51.3 Å². The molecule has 21 heavy (non-hydrogen) atoms. The minimum Gasteiger partial charge on any atom is -0.334 e. The van der Waals surface area contributed by atoms with Crippen molar-refractivity contribution in [2.75, 3.05) is 13.1 Å². The van der Waals surface area contributed by atoms with Gasteiger partial charge in [-0.05, 0) is 19.8 Å². The van der Waals surface area contributed by atoms with Gasteiger partial charge in [-0.1, -0.05) is 0 Å². The Hall–Kier alpha value is -2.51. The molecule has 0 aromatic carbocycles. The summed E-state index contributed by atoms with van der Waals surface area (Å²) in [5, 5.41) is 4.86. The summed E-state index contributed by atoms with van der Waals surface area (Å²) in [7, 11) is 0. The standard InChI is InChI=1S/C13H15N5O3/c1-8-5-15-9(6-14-8)10(19)18-4-2-3-13(7-18)11(20)16-12(21)17-13/h5-6H,2-4,7H2,1H3,(H2,16,17,20,21). The number of nitrogens with one attached hydrogen (secondary N) is 2. The van der Waals surface area contributed by atoms with Gasteiger partial charge in [0, 0.05) is 12.7 Å². The Morgan fingerprint density at radius 3 is 2.76 bits per heavy atom. The predicted molar refractivity (Wildman–Crippen MR) is 71.3 cm³/mol. The zero-order chi connectivity index (χ0) is 15.0. The van der Waals surface area contributed by atoms with E-state index in [0.29, 0.717) is 19.4 Å². The van der Waals surface area contributed by atoms with E-state index >= 15 is 0 Å². The summed E-state index contributed by atoms with van der Waals surface area (Å²) >= 11 is 0. The van der Waals surface area contributed by atoms with Crippen LogP contribution in [0.5, 0.6) is 0 Å². The predicted octanol–water partition coefficient (Wildman–Crippen LogP) is -0.401. The number of piperidine rings is 1. The summed E-state index contributed by atoms with van der Waals surface area (Å²) in [6, 6.07) is -0.510. The fourth-order valence-corrected chi connectivity index (χ4v) is 2.71. The SMILES string of the molecule is Cc1cnc(C(=O)N2CCCC3(C2)NC(=O)NC3=O)cn1. The largest absolute Gasteiger partial charge is 0.334 e. The Bertz CT molecular complexity index is 615. The molecule has 1 spiro atoms. The fourth-order valence-electron chi connectivity index (χ4n) is 2.71. The average molecular weight is 289 g/mol. The van der Waals surface area contributed by atoms with Gasteiger partial charge in [0.2, 0.25) is 0 Å². The van der Waals surface area contributed by atoms with Gasteiger partial charge in [0.15, 0.2) is 0 Å². The number of carbonyl (C=O) groups excluding carboxylic acids is 3. The number of rotatable bonds is 1. The zero-order valence-corrected chi connectivity index (χ0v) is 11.5. The van der Waals surface area contributed by atoms with Crippen LogP contribution in [0.25, 0.3) is 0 Å². The van der Waals surface area contributed by atoms with Crippen LogP contribution in [0.4, 0.5) is 4.79 Å². The number of amides is 4. The topological polar surface area (TPSA) is 104 Å². The molecular weight excluding hydrogens is 274 g/mol. The van der Waals surface area contributed by atoms with Crippen molar-refractivity contribution in [3.05, 3.63) is 23.8 Å². The number of likely N-dealkylation sites (tertiary alicyclic amines) is 1. The van der Waals surface area contributed by atoms with Gasteiger partial charge >= 0.3 is 6.03 Å². The van der Waals surface area contributed by atoms with Gasteiger partial charge in [-0.15, -0.1) is 0 Å². The molecule has 110 valence electrons. The molecule has 3 heterocycles. The molecule has 0 radical (unpaired) electrons. The molecule has 1 aromatic heterocycles. The smallest absolute Gasteiger partial charge is 0.322 e. The lowest BCUT2D eigenvalue weighted by Crippen LogP contribution is -2.59. The second-order valence-electron chi connectivity index (χ2n) is 5.36. The van der Waals surface area contributed by atoms with Crippen LogP contribution in [-0.2, 0) is 4.79 Å². The van der Waals surface area contributed by atoms with Gasteiger partial charge in [0.1, 0.15) is 11.2 Å². The van der Waals surface area contributed by atoms with Crippen molar-refractivity contribution < 1.29 is 14.4 Å². The number of carbonyl (C=O) groups is 3. The first-order valence-electron chi connectivity index (χ1n) is 6.72. The van der Waals surface area contributed by atoms with Crippen LogP contribution in [0.3, 0.4) is 0 Å². The number of aryl methyl sites for hydroxylation is 1. The normalized spacial score (nSPS) is 24.9. The van der Waals surface area contributed by atoms with Gasteiger partial charge < -0.3 is 10.2 Å². The number of hydrogen-bond donors (Lipinski definition) is 2. The fraction of sp³-hybridized carbons (Fsp3) is 0.462. The zero-order valence-electron chi connectivity index (χ0n) is 11.5. The summed E-state index contributed by atoms with van der Waals surface area (Å²) in [5.74, 6) is -0.657. The van der Waals surface area contributed by atoms with E-state index in [1.807, 2.05) is 0 Å². The quantitative estimate of drug-likeness (QED) is 0.684. The number of aromatic nitrogens is 2. The van der Waals surface area contributed by atoms with Crippen molar-refractivity contribution in [2.45, 2.75) is 25.3 Å². The number of imide groups is 1. The van der Waals surface area contributed by atoms with E-state index in [9.17, 15) is 14.4 Å². The highest BCUT2D eigenvalue weighted by molar-refractivity contribution is 6.07. The third-order valence-corrected chi connectivity index (χ3v) is 3.79. The molecule has 1 aromatic rings. The minimum atomic E-state index is -1.01. The van der Waals surface area contributed by atoms with Crippen molar-refractivity contribution in [1.29, 1.82) is 0 Å².